The van der Waals surface area contributed by atoms with Crippen molar-refractivity contribution in [3.05, 3.63) is 23.3 Å². The Morgan fingerprint density at radius 3 is 2.36 bits per heavy atom. The van der Waals surface area contributed by atoms with Gasteiger partial charge >= 0.3 is 0 Å². The molecule has 0 amide bonds. The molecule has 2 N–H and O–H groups in total. The van der Waals surface area contributed by atoms with Crippen LogP contribution in [0.2, 0.25) is 0 Å². The molecule has 2 aliphatic heterocycles. The Balaban J connectivity index is 0.00000280. The van der Waals surface area contributed by atoms with Gasteiger partial charge in [0.1, 0.15) is 0 Å². The van der Waals surface area contributed by atoms with E-state index in [1.54, 1.807) is 0 Å². The number of likely N-dealkylation sites (tertiary alicyclic amines) is 1. The third-order valence-electron chi connectivity index (χ3n) is 6.00. The van der Waals surface area contributed by atoms with Crippen molar-refractivity contribution >= 4 is 23.8 Å². The molecule has 0 aliphatic carbocycles. The molecule has 3 rings (SSSR count). The van der Waals surface area contributed by atoms with Gasteiger partial charge in [0.15, 0.2) is 0 Å². The molecule has 0 atom stereocenters. The highest BCUT2D eigenvalue weighted by atomic mass is 35.5. The van der Waals surface area contributed by atoms with Crippen molar-refractivity contribution in [2.75, 3.05) is 62.6 Å². The number of hydrogen-bond acceptors (Lipinski definition) is 4. The molecule has 160 valence electrons. The first-order valence-electron chi connectivity index (χ1n) is 11.0. The molecule has 2 aliphatic rings. The number of hydrogen-bond donors (Lipinski definition) is 2. The van der Waals surface area contributed by atoms with Crippen LogP contribution in [-0.4, -0.2) is 57.3 Å². The standard InChI is InChI=1S/C23H40N4.ClH/c1-19-21(25-11-14-26-12-5-6-13-26)17-20(7-8-23(2,3)4)18-22(19)27-15-9-24-10-16-27;/h17-18,24-25H,5-16H2,1-4H3;1H. The van der Waals surface area contributed by atoms with E-state index < -0.39 is 0 Å². The summed E-state index contributed by atoms with van der Waals surface area (Å²) in [4.78, 5) is 5.15. The Labute approximate surface area is 178 Å². The lowest BCUT2D eigenvalue weighted by Gasteiger charge is -2.32. The van der Waals surface area contributed by atoms with Gasteiger partial charge in [-0.1, -0.05) is 20.8 Å². The first-order valence-corrected chi connectivity index (χ1v) is 11.0. The van der Waals surface area contributed by atoms with Crippen LogP contribution in [0.5, 0.6) is 0 Å². The predicted octanol–water partition coefficient (Wildman–Crippen LogP) is 4.31. The van der Waals surface area contributed by atoms with E-state index in [0.29, 0.717) is 5.41 Å². The normalized spacial score (nSPS) is 18.2. The fourth-order valence-electron chi connectivity index (χ4n) is 4.19. The third kappa shape index (κ3) is 6.82. The molecule has 2 fully saturated rings. The van der Waals surface area contributed by atoms with Crippen LogP contribution in [0.4, 0.5) is 11.4 Å². The van der Waals surface area contributed by atoms with Crippen LogP contribution in [-0.2, 0) is 6.42 Å². The highest BCUT2D eigenvalue weighted by Gasteiger charge is 2.18. The Kier molecular flexibility index (Phi) is 8.91. The lowest BCUT2D eigenvalue weighted by atomic mass is 9.88. The molecule has 4 nitrogen and oxygen atoms in total. The summed E-state index contributed by atoms with van der Waals surface area (Å²) in [6, 6.07) is 4.87. The smallest absolute Gasteiger partial charge is 0.0420 e. The Hall–Kier alpha value is -0.970. The molecule has 0 unspecified atom stereocenters. The summed E-state index contributed by atoms with van der Waals surface area (Å²) in [5.74, 6) is 0. The summed E-state index contributed by atoms with van der Waals surface area (Å²) >= 11 is 0. The third-order valence-corrected chi connectivity index (χ3v) is 6.00. The van der Waals surface area contributed by atoms with E-state index in [4.69, 9.17) is 0 Å². The van der Waals surface area contributed by atoms with Crippen LogP contribution in [0.25, 0.3) is 0 Å². The minimum absolute atomic E-state index is 0. The molecular formula is C23H41ClN4. The fraction of sp³-hybridized carbons (Fsp3) is 0.739. The van der Waals surface area contributed by atoms with Gasteiger partial charge in [-0.3, -0.25) is 0 Å². The number of nitrogens with zero attached hydrogens (tertiary/aromatic N) is 2. The number of nitrogens with one attached hydrogen (secondary N) is 2. The lowest BCUT2D eigenvalue weighted by Crippen LogP contribution is -2.43. The molecule has 1 aromatic carbocycles. The van der Waals surface area contributed by atoms with Crippen molar-refractivity contribution in [3.63, 3.8) is 0 Å². The number of anilines is 2. The van der Waals surface area contributed by atoms with Gasteiger partial charge in [-0.25, -0.2) is 0 Å². The summed E-state index contributed by atoms with van der Waals surface area (Å²) in [7, 11) is 0. The average Bonchev–Trinajstić information content (AvgIpc) is 3.15. The van der Waals surface area contributed by atoms with Gasteiger partial charge in [0.25, 0.3) is 0 Å². The van der Waals surface area contributed by atoms with Gasteiger partial charge in [-0.15, -0.1) is 12.4 Å². The van der Waals surface area contributed by atoms with E-state index in [0.717, 1.165) is 45.7 Å². The fourth-order valence-corrected chi connectivity index (χ4v) is 4.19. The van der Waals surface area contributed by atoms with Crippen LogP contribution < -0.4 is 15.5 Å². The van der Waals surface area contributed by atoms with Gasteiger partial charge < -0.3 is 20.4 Å². The molecule has 0 spiro atoms. The number of aryl methyl sites for hydroxylation is 1. The van der Waals surface area contributed by atoms with Gasteiger partial charge in [-0.2, -0.15) is 0 Å². The molecule has 28 heavy (non-hydrogen) atoms. The average molecular weight is 409 g/mol. The number of piperazine rings is 1. The zero-order valence-corrected chi connectivity index (χ0v) is 19.3. The molecular weight excluding hydrogens is 368 g/mol. The van der Waals surface area contributed by atoms with E-state index in [1.807, 2.05) is 0 Å². The van der Waals surface area contributed by atoms with E-state index in [9.17, 15) is 0 Å². The quantitative estimate of drug-likeness (QED) is 0.703. The second kappa shape index (κ2) is 10.7. The molecule has 0 radical (unpaired) electrons. The SMILES string of the molecule is Cc1c(NCCN2CCCC2)cc(CCC(C)(C)C)cc1N1CCNCC1.Cl. The summed E-state index contributed by atoms with van der Waals surface area (Å²) in [5.41, 5.74) is 6.05. The topological polar surface area (TPSA) is 30.5 Å². The number of rotatable bonds is 7. The largest absolute Gasteiger partial charge is 0.383 e. The van der Waals surface area contributed by atoms with Gasteiger partial charge in [0, 0.05) is 50.6 Å². The van der Waals surface area contributed by atoms with Gasteiger partial charge in [0.05, 0.1) is 0 Å². The van der Waals surface area contributed by atoms with Crippen molar-refractivity contribution < 1.29 is 0 Å². The molecule has 1 aromatic rings. The monoisotopic (exact) mass is 408 g/mol. The zero-order chi connectivity index (χ0) is 19.3. The van der Waals surface area contributed by atoms with Crippen molar-refractivity contribution in [1.82, 2.24) is 10.2 Å². The Morgan fingerprint density at radius 1 is 1.04 bits per heavy atom. The maximum Gasteiger partial charge on any atom is 0.0420 e. The predicted molar refractivity (Wildman–Crippen MR) is 125 cm³/mol. The van der Waals surface area contributed by atoms with Crippen molar-refractivity contribution in [2.45, 2.75) is 53.4 Å². The summed E-state index contributed by atoms with van der Waals surface area (Å²) in [6.07, 6.45) is 5.12. The van der Waals surface area contributed by atoms with Crippen LogP contribution in [0, 0.1) is 12.3 Å². The molecule has 2 saturated heterocycles. The molecule has 0 aromatic heterocycles. The second-order valence-electron chi connectivity index (χ2n) is 9.56. The van der Waals surface area contributed by atoms with Crippen molar-refractivity contribution in [1.29, 1.82) is 0 Å². The number of halogens is 1. The highest BCUT2D eigenvalue weighted by molar-refractivity contribution is 5.85. The van der Waals surface area contributed by atoms with E-state index >= 15 is 0 Å². The maximum atomic E-state index is 3.77. The van der Waals surface area contributed by atoms with E-state index in [1.165, 1.54) is 54.9 Å². The highest BCUT2D eigenvalue weighted by Crippen LogP contribution is 2.31. The van der Waals surface area contributed by atoms with Crippen molar-refractivity contribution in [2.24, 2.45) is 5.41 Å². The molecule has 0 bridgehead atoms. The maximum absolute atomic E-state index is 3.77. The molecule has 5 heteroatoms. The van der Waals surface area contributed by atoms with Crippen LogP contribution in [0.1, 0.15) is 51.2 Å². The minimum atomic E-state index is 0. The van der Waals surface area contributed by atoms with Crippen LogP contribution >= 0.6 is 12.4 Å². The van der Waals surface area contributed by atoms with Crippen LogP contribution in [0.15, 0.2) is 12.1 Å². The Bertz CT molecular complexity index is 599. The van der Waals surface area contributed by atoms with Crippen molar-refractivity contribution in [3.8, 4) is 0 Å². The van der Waals surface area contributed by atoms with Gasteiger partial charge in [-0.05, 0) is 74.4 Å². The summed E-state index contributed by atoms with van der Waals surface area (Å²) < 4.78 is 0. The molecule has 2 heterocycles. The van der Waals surface area contributed by atoms with E-state index in [-0.39, 0.29) is 12.4 Å². The minimum Gasteiger partial charge on any atom is -0.383 e. The Morgan fingerprint density at radius 2 is 1.71 bits per heavy atom. The first-order chi connectivity index (χ1) is 12.9. The first kappa shape index (κ1) is 23.3. The lowest BCUT2D eigenvalue weighted by molar-refractivity contribution is 0.352. The van der Waals surface area contributed by atoms with Gasteiger partial charge in [0.2, 0.25) is 0 Å². The molecule has 0 saturated carbocycles. The number of benzene rings is 1. The zero-order valence-electron chi connectivity index (χ0n) is 18.4. The van der Waals surface area contributed by atoms with E-state index in [2.05, 4.69) is 60.3 Å². The van der Waals surface area contributed by atoms with Crippen LogP contribution in [0.3, 0.4) is 0 Å². The summed E-state index contributed by atoms with van der Waals surface area (Å²) in [6.45, 7) is 18.5. The second-order valence-corrected chi connectivity index (χ2v) is 9.56. The summed E-state index contributed by atoms with van der Waals surface area (Å²) in [5, 5.41) is 7.25.